The smallest absolute Gasteiger partial charge is 0.194 e. The average Bonchev–Trinajstić information content (AvgIpc) is 3.62. The van der Waals surface area contributed by atoms with Crippen molar-refractivity contribution in [2.24, 2.45) is 0 Å². The lowest BCUT2D eigenvalue weighted by molar-refractivity contribution is 1.13. The minimum atomic E-state index is 0.538. The van der Waals surface area contributed by atoms with Crippen LogP contribution in [-0.2, 0) is 0 Å². The van der Waals surface area contributed by atoms with E-state index in [1.807, 2.05) is 91.0 Å². The molecule has 0 unspecified atom stereocenters. The predicted molar refractivity (Wildman–Crippen MR) is 181 cm³/mol. The molecule has 0 fully saturated rings. The number of rotatable bonds is 3. The molecule has 46 heavy (non-hydrogen) atoms. The molecule has 6 aromatic carbocycles. The summed E-state index contributed by atoms with van der Waals surface area (Å²) < 4.78 is 4.36. The molecule has 0 aliphatic carbocycles. The molecular weight excluding hydrogens is 564 g/mol. The highest BCUT2D eigenvalue weighted by molar-refractivity contribution is 6.11. The van der Waals surface area contributed by atoms with Gasteiger partial charge in [0.2, 0.25) is 0 Å². The fourth-order valence-electron chi connectivity index (χ4n) is 6.59. The predicted octanol–water partition coefficient (Wildman–Crippen LogP) is 9.71. The van der Waals surface area contributed by atoms with E-state index < -0.39 is 0 Å². The van der Waals surface area contributed by atoms with Gasteiger partial charge in [0.1, 0.15) is 0 Å². The molecule has 0 saturated carbocycles. The zero-order valence-electron chi connectivity index (χ0n) is 24.2. The van der Waals surface area contributed by atoms with Crippen LogP contribution in [0.15, 0.2) is 121 Å². The maximum atomic E-state index is 9.70. The summed E-state index contributed by atoms with van der Waals surface area (Å²) in [7, 11) is 0. The highest BCUT2D eigenvalue weighted by Crippen LogP contribution is 2.40. The first kappa shape index (κ1) is 26.5. The number of nitrogens with zero attached hydrogens (tertiary/aromatic N) is 6. The van der Waals surface area contributed by atoms with E-state index >= 15 is 0 Å². The van der Waals surface area contributed by atoms with E-state index in [9.17, 15) is 15.8 Å². The molecule has 0 saturated heterocycles. The summed E-state index contributed by atoms with van der Waals surface area (Å²) in [6, 6.07) is 45.8. The molecule has 8 aromatic rings. The van der Waals surface area contributed by atoms with E-state index in [-0.39, 0.29) is 0 Å². The number of aromatic nitrogens is 2. The van der Waals surface area contributed by atoms with Crippen molar-refractivity contribution < 1.29 is 0 Å². The summed E-state index contributed by atoms with van der Waals surface area (Å²) in [6.45, 7) is 7.90. The Balaban J connectivity index is 1.52. The minimum Gasteiger partial charge on any atom is -0.309 e. The van der Waals surface area contributed by atoms with Gasteiger partial charge < -0.3 is 9.13 Å². The van der Waals surface area contributed by atoms with Gasteiger partial charge in [-0.15, -0.1) is 0 Å². The Hall–Kier alpha value is -7.12. The number of benzene rings is 6. The maximum absolute atomic E-state index is 9.70. The van der Waals surface area contributed by atoms with Crippen LogP contribution in [0.2, 0.25) is 0 Å². The van der Waals surface area contributed by atoms with Gasteiger partial charge >= 0.3 is 0 Å². The van der Waals surface area contributed by atoms with Gasteiger partial charge in [-0.1, -0.05) is 42.5 Å². The number of para-hydroxylation sites is 2. The summed E-state index contributed by atoms with van der Waals surface area (Å²) in [5.41, 5.74) is 9.39. The van der Waals surface area contributed by atoms with Gasteiger partial charge in [-0.2, -0.15) is 15.8 Å². The lowest BCUT2D eigenvalue weighted by atomic mass is 10.0. The first-order valence-electron chi connectivity index (χ1n) is 14.6. The van der Waals surface area contributed by atoms with E-state index in [1.165, 1.54) is 0 Å². The second-order valence-electron chi connectivity index (χ2n) is 11.1. The largest absolute Gasteiger partial charge is 0.309 e. The van der Waals surface area contributed by atoms with Crippen molar-refractivity contribution in [1.82, 2.24) is 9.13 Å². The molecule has 8 rings (SSSR count). The van der Waals surface area contributed by atoms with E-state index in [4.69, 9.17) is 6.57 Å². The van der Waals surface area contributed by atoms with E-state index in [1.54, 1.807) is 0 Å². The van der Waals surface area contributed by atoms with Gasteiger partial charge in [-0.3, -0.25) is 0 Å². The van der Waals surface area contributed by atoms with Gasteiger partial charge in [0.05, 0.1) is 63.5 Å². The van der Waals surface area contributed by atoms with Gasteiger partial charge in [-0.05, 0) is 90.0 Å². The molecule has 6 nitrogen and oxygen atoms in total. The minimum absolute atomic E-state index is 0.538. The standard InChI is InChI=1S/C40H20N6/c1-44-36-8-4-2-6-31(36)28-19-29(45-37-9-5-3-7-32(37)33-16-25(22-41)10-13-38(33)45)21-30(20-28)46-39-14-11-26(23-42)17-34(39)35-18-27(24-43)12-15-40(35)46/h2-21H. The highest BCUT2D eigenvalue weighted by atomic mass is 15.0. The van der Waals surface area contributed by atoms with Gasteiger partial charge in [0.25, 0.3) is 0 Å². The summed E-state index contributed by atoms with van der Waals surface area (Å²) in [6.07, 6.45) is 0. The Morgan fingerprint density at radius 2 is 0.935 bits per heavy atom. The van der Waals surface area contributed by atoms with Gasteiger partial charge in [0.15, 0.2) is 5.69 Å². The van der Waals surface area contributed by atoms with E-state index in [0.717, 1.165) is 66.1 Å². The number of nitriles is 3. The van der Waals surface area contributed by atoms with Gasteiger partial charge in [-0.25, -0.2) is 4.85 Å². The monoisotopic (exact) mass is 584 g/mol. The normalized spacial score (nSPS) is 11.0. The van der Waals surface area contributed by atoms with Crippen LogP contribution in [0.1, 0.15) is 16.7 Å². The molecule has 0 N–H and O–H groups in total. The van der Waals surface area contributed by atoms with Crippen molar-refractivity contribution in [2.45, 2.75) is 0 Å². The third-order valence-corrected chi connectivity index (χ3v) is 8.58. The molecule has 0 aliphatic rings. The lowest BCUT2D eigenvalue weighted by Gasteiger charge is -2.16. The first-order valence-corrected chi connectivity index (χ1v) is 14.6. The lowest BCUT2D eigenvalue weighted by Crippen LogP contribution is -2.00. The Kier molecular flexibility index (Phi) is 5.91. The highest BCUT2D eigenvalue weighted by Gasteiger charge is 2.19. The molecule has 0 bridgehead atoms. The molecule has 2 aromatic heterocycles. The molecule has 0 radical (unpaired) electrons. The summed E-state index contributed by atoms with van der Waals surface area (Å²) in [4.78, 5) is 3.83. The Labute approximate surface area is 263 Å². The second-order valence-corrected chi connectivity index (χ2v) is 11.1. The molecule has 0 aliphatic heterocycles. The maximum Gasteiger partial charge on any atom is 0.194 e. The fourth-order valence-corrected chi connectivity index (χ4v) is 6.59. The van der Waals surface area contributed by atoms with Crippen molar-refractivity contribution in [3.05, 3.63) is 149 Å². The van der Waals surface area contributed by atoms with Crippen molar-refractivity contribution >= 4 is 49.3 Å². The zero-order valence-corrected chi connectivity index (χ0v) is 24.2. The molecule has 6 heteroatoms. The van der Waals surface area contributed by atoms with Crippen LogP contribution in [-0.4, -0.2) is 9.13 Å². The summed E-state index contributed by atoms with van der Waals surface area (Å²) in [5, 5.41) is 32.8. The van der Waals surface area contributed by atoms with Crippen molar-refractivity contribution in [3.8, 4) is 40.7 Å². The summed E-state index contributed by atoms with van der Waals surface area (Å²) >= 11 is 0. The van der Waals surface area contributed by atoms with Crippen molar-refractivity contribution in [2.75, 3.05) is 0 Å². The fraction of sp³-hybridized carbons (Fsp3) is 0. The number of fused-ring (bicyclic) bond motifs is 6. The number of hydrogen-bond acceptors (Lipinski definition) is 3. The third-order valence-electron chi connectivity index (χ3n) is 8.58. The van der Waals surface area contributed by atoms with Crippen LogP contribution >= 0.6 is 0 Å². The van der Waals surface area contributed by atoms with Gasteiger partial charge in [0, 0.05) is 32.9 Å². The van der Waals surface area contributed by atoms with E-state index in [2.05, 4.69) is 62.5 Å². The van der Waals surface area contributed by atoms with Crippen LogP contribution in [0.25, 0.3) is 71.0 Å². The third kappa shape index (κ3) is 3.93. The SMILES string of the molecule is [C-]#[N+]c1ccccc1-c1cc(-n2c3ccccc3c3cc(C#N)ccc32)cc(-n2c3ccc(C#N)cc3c3cc(C#N)ccc32)c1. The van der Waals surface area contributed by atoms with Crippen LogP contribution in [0.3, 0.4) is 0 Å². The van der Waals surface area contributed by atoms with E-state index in [0.29, 0.717) is 22.4 Å². The van der Waals surface area contributed by atoms with Crippen LogP contribution in [0, 0.1) is 40.6 Å². The Morgan fingerprint density at radius 1 is 0.478 bits per heavy atom. The molecule has 0 spiro atoms. The Bertz CT molecular complexity index is 2680. The van der Waals surface area contributed by atoms with Crippen molar-refractivity contribution in [3.63, 3.8) is 0 Å². The zero-order chi connectivity index (χ0) is 31.4. The Morgan fingerprint density at radius 3 is 1.46 bits per heavy atom. The second kappa shape index (κ2) is 10.3. The molecular formula is C40H20N6. The molecule has 2 heterocycles. The first-order chi connectivity index (χ1) is 22.6. The van der Waals surface area contributed by atoms with Crippen LogP contribution in [0.4, 0.5) is 5.69 Å². The molecule has 210 valence electrons. The van der Waals surface area contributed by atoms with Crippen LogP contribution in [0.5, 0.6) is 0 Å². The van der Waals surface area contributed by atoms with Crippen molar-refractivity contribution in [1.29, 1.82) is 15.8 Å². The number of hydrogen-bond donors (Lipinski definition) is 0. The van der Waals surface area contributed by atoms with Crippen LogP contribution < -0.4 is 0 Å². The molecule has 0 atom stereocenters. The summed E-state index contributed by atoms with van der Waals surface area (Å²) in [5.74, 6) is 0. The average molecular weight is 585 g/mol. The molecule has 0 amide bonds. The quantitative estimate of drug-likeness (QED) is 0.194. The topological polar surface area (TPSA) is 85.6 Å².